The number of aromatic nitrogens is 2. The predicted molar refractivity (Wildman–Crippen MR) is 151 cm³/mol. The molecule has 1 amide bonds. The second kappa shape index (κ2) is 9.86. The van der Waals surface area contributed by atoms with Gasteiger partial charge in [-0.1, -0.05) is 6.07 Å². The van der Waals surface area contributed by atoms with Crippen LogP contribution in [0.4, 0.5) is 17.6 Å². The summed E-state index contributed by atoms with van der Waals surface area (Å²) in [7, 11) is 0. The number of pyridine rings is 2. The minimum Gasteiger partial charge on any atom is -0.488 e. The zero-order valence-corrected chi connectivity index (χ0v) is 23.3. The Kier molecular flexibility index (Phi) is 6.38. The molecule has 0 unspecified atom stereocenters. The van der Waals surface area contributed by atoms with Gasteiger partial charge >= 0.3 is 6.18 Å². The molecule has 0 radical (unpaired) electrons. The first-order valence-electron chi connectivity index (χ1n) is 14.3. The Morgan fingerprint density at radius 2 is 1.77 bits per heavy atom. The van der Waals surface area contributed by atoms with E-state index in [9.17, 15) is 27.5 Å². The molecule has 8 nitrogen and oxygen atoms in total. The number of nitrogens with two attached hydrogens (primary N) is 2. The lowest BCUT2D eigenvalue weighted by Crippen LogP contribution is -2.52. The molecule has 2 aromatic heterocycles. The molecule has 228 valence electrons. The number of fused-ring (bicyclic) bond motifs is 2. The van der Waals surface area contributed by atoms with Gasteiger partial charge in [0, 0.05) is 34.2 Å². The van der Waals surface area contributed by atoms with Gasteiger partial charge in [-0.2, -0.15) is 13.2 Å². The zero-order chi connectivity index (χ0) is 31.0. The number of aliphatic hydroxyl groups is 1. The van der Waals surface area contributed by atoms with Crippen LogP contribution in [0.25, 0.3) is 22.2 Å². The van der Waals surface area contributed by atoms with E-state index in [1.54, 1.807) is 24.3 Å². The van der Waals surface area contributed by atoms with E-state index in [0.29, 0.717) is 40.8 Å². The first kappa shape index (κ1) is 28.5. The van der Waals surface area contributed by atoms with Crippen molar-refractivity contribution in [2.75, 3.05) is 6.61 Å². The highest BCUT2D eigenvalue weighted by molar-refractivity contribution is 5.99. The van der Waals surface area contributed by atoms with Gasteiger partial charge in [0.1, 0.15) is 35.0 Å². The van der Waals surface area contributed by atoms with Crippen LogP contribution in [-0.4, -0.2) is 39.9 Å². The topological polar surface area (TPSA) is 134 Å². The van der Waals surface area contributed by atoms with Crippen LogP contribution in [0, 0.1) is 11.7 Å². The molecule has 2 fully saturated rings. The summed E-state index contributed by atoms with van der Waals surface area (Å²) in [5.74, 6) is -1.23. The number of rotatable bonds is 8. The molecule has 5 N–H and O–H groups in total. The molecule has 2 aliphatic carbocycles. The van der Waals surface area contributed by atoms with Gasteiger partial charge in [-0.3, -0.25) is 4.79 Å². The molecule has 4 aromatic rings. The Morgan fingerprint density at radius 3 is 2.41 bits per heavy atom. The Bertz CT molecular complexity index is 1810. The number of carbonyl (C=O) groups excluding carboxylic acids is 1. The number of alkyl halides is 3. The Hall–Kier alpha value is -4.29. The minimum atomic E-state index is -4.86. The van der Waals surface area contributed by atoms with Gasteiger partial charge in [-0.05, 0) is 80.1 Å². The fourth-order valence-electron chi connectivity index (χ4n) is 5.75. The summed E-state index contributed by atoms with van der Waals surface area (Å²) in [5.41, 5.74) is 8.08. The average Bonchev–Trinajstić information content (AvgIpc) is 3.91. The van der Waals surface area contributed by atoms with Crippen molar-refractivity contribution in [1.82, 2.24) is 9.97 Å². The average molecular weight is 609 g/mol. The summed E-state index contributed by atoms with van der Waals surface area (Å²) < 4.78 is 68.3. The first-order valence-corrected chi connectivity index (χ1v) is 14.3. The van der Waals surface area contributed by atoms with E-state index in [2.05, 4.69) is 4.98 Å². The number of hydrogen-bond acceptors (Lipinski definition) is 7. The van der Waals surface area contributed by atoms with Crippen molar-refractivity contribution in [3.63, 3.8) is 0 Å². The predicted octanol–water partition coefficient (Wildman–Crippen LogP) is 5.03. The Balaban J connectivity index is 1.36. The van der Waals surface area contributed by atoms with E-state index in [1.165, 1.54) is 30.3 Å². The number of carbonyl (C=O) groups is 1. The SMILES string of the molecule is NC(=O)c1cc(OC2CC2)c2nc(C[C@@](O)(c3cc4c(c(-c5ccc(F)cc5)n3)OC[C@@]4(N)C(F)(F)F)C3CC3)ccc2c1. The summed E-state index contributed by atoms with van der Waals surface area (Å²) >= 11 is 0. The smallest absolute Gasteiger partial charge is 0.414 e. The number of nitrogens with zero attached hydrogens (tertiary/aromatic N) is 2. The van der Waals surface area contributed by atoms with Gasteiger partial charge < -0.3 is 26.0 Å². The van der Waals surface area contributed by atoms with Crippen LogP contribution in [0.3, 0.4) is 0 Å². The maximum absolute atomic E-state index is 14.3. The largest absolute Gasteiger partial charge is 0.488 e. The van der Waals surface area contributed by atoms with E-state index in [4.69, 9.17) is 25.9 Å². The van der Waals surface area contributed by atoms with E-state index < -0.39 is 35.6 Å². The second-order valence-corrected chi connectivity index (χ2v) is 11.9. The molecule has 2 aromatic carbocycles. The summed E-state index contributed by atoms with van der Waals surface area (Å²) in [6.07, 6.45) is -1.96. The number of primary amides is 1. The van der Waals surface area contributed by atoms with Crippen molar-refractivity contribution in [2.45, 2.75) is 55.5 Å². The molecular formula is C32H28F4N4O4. The van der Waals surface area contributed by atoms with E-state index in [0.717, 1.165) is 12.8 Å². The molecule has 2 saturated carbocycles. The molecule has 2 atom stereocenters. The lowest BCUT2D eigenvalue weighted by molar-refractivity contribution is -0.191. The summed E-state index contributed by atoms with van der Waals surface area (Å²) in [6.45, 7) is -0.865. The van der Waals surface area contributed by atoms with Crippen molar-refractivity contribution in [3.05, 3.63) is 82.9 Å². The molecule has 44 heavy (non-hydrogen) atoms. The summed E-state index contributed by atoms with van der Waals surface area (Å²) in [4.78, 5) is 21.4. The number of amides is 1. The fraction of sp³-hybridized carbons (Fsp3) is 0.344. The third-order valence-electron chi connectivity index (χ3n) is 8.59. The molecular weight excluding hydrogens is 580 g/mol. The van der Waals surface area contributed by atoms with Crippen LogP contribution in [0.15, 0.2) is 54.6 Å². The van der Waals surface area contributed by atoms with Gasteiger partial charge in [0.15, 0.2) is 11.3 Å². The summed E-state index contributed by atoms with van der Waals surface area (Å²) in [5, 5.41) is 12.9. The fourth-order valence-corrected chi connectivity index (χ4v) is 5.75. The van der Waals surface area contributed by atoms with Crippen molar-refractivity contribution in [2.24, 2.45) is 17.4 Å². The molecule has 0 bridgehead atoms. The van der Waals surface area contributed by atoms with E-state index >= 15 is 0 Å². The molecule has 3 aliphatic rings. The highest BCUT2D eigenvalue weighted by atomic mass is 19.4. The molecule has 7 rings (SSSR count). The minimum absolute atomic E-state index is 0.00283. The van der Waals surface area contributed by atoms with Crippen LogP contribution in [0.1, 0.15) is 53.0 Å². The molecule has 3 heterocycles. The van der Waals surface area contributed by atoms with Gasteiger partial charge in [-0.25, -0.2) is 14.4 Å². The van der Waals surface area contributed by atoms with Crippen LogP contribution in [0.2, 0.25) is 0 Å². The standard InChI is InChI=1S/C32H28F4N4O4/c33-20-6-1-16(2-7-20)27-28-23(31(38,15-43-28)32(34,35)36)13-25(40-27)30(42,19-4-5-19)14-21-8-3-17-11-18(29(37)41)12-24(26(17)39-21)44-22-9-10-22/h1-3,6-8,11-13,19,22,42H,4-5,9-10,14-15,38H2,(H2,37,41)/t30-,31-/m0/s1. The molecule has 12 heteroatoms. The zero-order valence-electron chi connectivity index (χ0n) is 23.3. The normalized spacial score (nSPS) is 21.0. The van der Waals surface area contributed by atoms with Gasteiger partial charge in [0.2, 0.25) is 5.91 Å². The van der Waals surface area contributed by atoms with Crippen LogP contribution < -0.4 is 20.9 Å². The second-order valence-electron chi connectivity index (χ2n) is 11.9. The lowest BCUT2D eigenvalue weighted by atomic mass is 9.83. The van der Waals surface area contributed by atoms with E-state index in [-0.39, 0.29) is 46.7 Å². The molecule has 0 saturated heterocycles. The quantitative estimate of drug-likeness (QED) is 0.239. The van der Waals surface area contributed by atoms with Crippen LogP contribution >= 0.6 is 0 Å². The number of benzene rings is 2. The van der Waals surface area contributed by atoms with Crippen LogP contribution in [-0.2, 0) is 17.6 Å². The highest BCUT2D eigenvalue weighted by Crippen LogP contribution is 2.53. The number of halogens is 4. The number of ether oxygens (including phenoxy) is 2. The molecule has 0 spiro atoms. The van der Waals surface area contributed by atoms with Gasteiger partial charge in [0.05, 0.1) is 11.8 Å². The van der Waals surface area contributed by atoms with Crippen molar-refractivity contribution >= 4 is 16.8 Å². The number of hydrogen-bond donors (Lipinski definition) is 3. The van der Waals surface area contributed by atoms with Crippen molar-refractivity contribution in [3.8, 4) is 22.8 Å². The van der Waals surface area contributed by atoms with Crippen molar-refractivity contribution in [1.29, 1.82) is 0 Å². The summed E-state index contributed by atoms with van der Waals surface area (Å²) in [6, 6.07) is 12.9. The van der Waals surface area contributed by atoms with Gasteiger partial charge in [0.25, 0.3) is 0 Å². The Labute approximate surface area is 249 Å². The molecule has 1 aliphatic heterocycles. The third-order valence-corrected chi connectivity index (χ3v) is 8.59. The van der Waals surface area contributed by atoms with Crippen molar-refractivity contribution < 1.29 is 36.9 Å². The lowest BCUT2D eigenvalue weighted by Gasteiger charge is -2.31. The van der Waals surface area contributed by atoms with Crippen LogP contribution in [0.5, 0.6) is 11.5 Å². The maximum atomic E-state index is 14.3. The highest BCUT2D eigenvalue weighted by Gasteiger charge is 2.59. The monoisotopic (exact) mass is 608 g/mol. The Morgan fingerprint density at radius 1 is 1.05 bits per heavy atom. The third kappa shape index (κ3) is 4.82. The first-order chi connectivity index (χ1) is 20.9. The van der Waals surface area contributed by atoms with Gasteiger partial charge in [-0.15, -0.1) is 0 Å². The maximum Gasteiger partial charge on any atom is 0.414 e. The van der Waals surface area contributed by atoms with E-state index in [1.807, 2.05) is 0 Å².